The summed E-state index contributed by atoms with van der Waals surface area (Å²) in [5.74, 6) is 0.572. The molecule has 2 saturated heterocycles. The minimum absolute atomic E-state index is 0.0887. The topological polar surface area (TPSA) is 141 Å². The van der Waals surface area contributed by atoms with Crippen LogP contribution in [0.25, 0.3) is 39.2 Å². The van der Waals surface area contributed by atoms with Crippen molar-refractivity contribution in [1.82, 2.24) is 29.9 Å². The first-order valence-corrected chi connectivity index (χ1v) is 17.2. The normalized spacial score (nSPS) is 19.3. The van der Waals surface area contributed by atoms with E-state index in [9.17, 15) is 19.8 Å². The SMILES string of the molecule is COc1nc(-c2cccc(-c3cccc(-c4ccn5c(=O)c(CN6C[C@@H](O)[C@H](O)C6)cnc5c4)c3Cl)c2Cl)ccc1CNC[C@@H]1CCC(=O)N1. The molecule has 0 aliphatic carbocycles. The van der Waals surface area contributed by atoms with Gasteiger partial charge in [0.2, 0.25) is 11.8 Å². The molecule has 0 spiro atoms. The number of aliphatic hydroxyl groups excluding tert-OH is 2. The van der Waals surface area contributed by atoms with Gasteiger partial charge in [-0.05, 0) is 30.2 Å². The number of benzene rings is 2. The lowest BCUT2D eigenvalue weighted by atomic mass is 9.97. The van der Waals surface area contributed by atoms with Gasteiger partial charge in [0.15, 0.2) is 0 Å². The van der Waals surface area contributed by atoms with Gasteiger partial charge in [0.1, 0.15) is 5.65 Å². The Bertz CT molecular complexity index is 2130. The van der Waals surface area contributed by atoms with Crippen LogP contribution in [0.1, 0.15) is 24.0 Å². The van der Waals surface area contributed by atoms with Crippen LogP contribution in [0.4, 0.5) is 0 Å². The summed E-state index contributed by atoms with van der Waals surface area (Å²) in [5.41, 5.74) is 5.98. The number of carbonyl (C=O) groups is 1. The molecule has 2 aliphatic rings. The first-order chi connectivity index (χ1) is 24.2. The first-order valence-electron chi connectivity index (χ1n) is 16.4. The highest BCUT2D eigenvalue weighted by atomic mass is 35.5. The molecule has 258 valence electrons. The Labute approximate surface area is 298 Å². The molecule has 11 nitrogen and oxygen atoms in total. The number of nitrogens with one attached hydrogen (secondary N) is 2. The molecule has 4 N–H and O–H groups in total. The molecule has 5 aromatic rings. The lowest BCUT2D eigenvalue weighted by Gasteiger charge is -2.16. The summed E-state index contributed by atoms with van der Waals surface area (Å²) in [6.45, 7) is 2.07. The number of hydrogen-bond acceptors (Lipinski definition) is 9. The van der Waals surface area contributed by atoms with Gasteiger partial charge in [-0.25, -0.2) is 9.97 Å². The molecule has 0 bridgehead atoms. The van der Waals surface area contributed by atoms with E-state index >= 15 is 0 Å². The molecule has 50 heavy (non-hydrogen) atoms. The van der Waals surface area contributed by atoms with Gasteiger partial charge < -0.3 is 25.6 Å². The third-order valence-corrected chi connectivity index (χ3v) is 10.1. The van der Waals surface area contributed by atoms with Crippen molar-refractivity contribution >= 4 is 34.8 Å². The average Bonchev–Trinajstić information content (AvgIpc) is 3.68. The monoisotopic (exact) mass is 714 g/mol. The van der Waals surface area contributed by atoms with Crippen LogP contribution < -0.4 is 20.9 Å². The second-order valence-electron chi connectivity index (χ2n) is 12.7. The summed E-state index contributed by atoms with van der Waals surface area (Å²) in [6, 6.07) is 19.1. The van der Waals surface area contributed by atoms with Crippen LogP contribution in [0.5, 0.6) is 5.88 Å². The van der Waals surface area contributed by atoms with Gasteiger partial charge in [-0.2, -0.15) is 0 Å². The first kappa shape index (κ1) is 34.1. The van der Waals surface area contributed by atoms with Gasteiger partial charge in [0.05, 0.1) is 40.6 Å². The maximum absolute atomic E-state index is 13.3. The summed E-state index contributed by atoms with van der Waals surface area (Å²) in [7, 11) is 1.58. The number of aromatic nitrogens is 3. The van der Waals surface area contributed by atoms with Crippen LogP contribution >= 0.6 is 23.2 Å². The maximum atomic E-state index is 13.3. The molecule has 7 rings (SSSR count). The number of aliphatic hydroxyl groups is 2. The van der Waals surface area contributed by atoms with Gasteiger partial charge >= 0.3 is 0 Å². The lowest BCUT2D eigenvalue weighted by molar-refractivity contribution is -0.119. The molecule has 0 unspecified atom stereocenters. The van der Waals surface area contributed by atoms with Crippen molar-refractivity contribution in [3.05, 3.63) is 105 Å². The zero-order chi connectivity index (χ0) is 34.9. The molecule has 3 aromatic heterocycles. The summed E-state index contributed by atoms with van der Waals surface area (Å²) < 4.78 is 7.12. The fourth-order valence-electron chi connectivity index (χ4n) is 6.65. The molecular weight excluding hydrogens is 679 g/mol. The van der Waals surface area contributed by atoms with E-state index in [1.54, 1.807) is 19.5 Å². The number of halogens is 2. The van der Waals surface area contributed by atoms with Gasteiger partial charge in [-0.3, -0.25) is 18.9 Å². The number of carbonyl (C=O) groups excluding carboxylic acids is 1. The number of amides is 1. The fourth-order valence-corrected chi connectivity index (χ4v) is 7.31. The van der Waals surface area contributed by atoms with Crippen LogP contribution in [0.2, 0.25) is 10.0 Å². The lowest BCUT2D eigenvalue weighted by Crippen LogP contribution is -2.35. The molecule has 0 saturated carbocycles. The molecule has 5 heterocycles. The number of hydrogen-bond donors (Lipinski definition) is 4. The second kappa shape index (κ2) is 14.5. The Hall–Kier alpha value is -4.36. The van der Waals surface area contributed by atoms with E-state index in [0.29, 0.717) is 65.4 Å². The molecule has 0 radical (unpaired) electrons. The highest BCUT2D eigenvalue weighted by molar-refractivity contribution is 6.39. The quantitative estimate of drug-likeness (QED) is 0.167. The van der Waals surface area contributed by atoms with Crippen LogP contribution in [-0.2, 0) is 17.9 Å². The standard InChI is InChI=1S/C37H36Cl2N6O5/c1-50-36-22(15-40-17-24-9-11-33(48)42-24)8-10-29(43-36)28-7-3-6-27(35(28)39)26-5-2-4-25(34(26)38)21-12-13-45-32(14-21)41-16-23(37(45)49)18-44-19-30(46)31(47)20-44/h2-8,10,12-14,16,24,30-31,40,46-47H,9,11,15,17-20H2,1H3,(H,42,48)/t24-,30+,31+/m0/s1. The molecule has 2 aromatic carbocycles. The zero-order valence-corrected chi connectivity index (χ0v) is 28.8. The van der Waals surface area contributed by atoms with Gasteiger partial charge in [0, 0.05) is 85.4 Å². The summed E-state index contributed by atoms with van der Waals surface area (Å²) in [4.78, 5) is 35.9. The average molecular weight is 716 g/mol. The third kappa shape index (κ3) is 6.85. The summed E-state index contributed by atoms with van der Waals surface area (Å²) >= 11 is 14.2. The Kier molecular flexibility index (Phi) is 9.87. The molecule has 1 amide bonds. The Morgan fingerprint density at radius 1 is 0.940 bits per heavy atom. The number of rotatable bonds is 10. The Balaban J connectivity index is 1.13. The number of pyridine rings is 2. The van der Waals surface area contributed by atoms with Crippen molar-refractivity contribution in [2.24, 2.45) is 0 Å². The number of nitrogens with zero attached hydrogens (tertiary/aromatic N) is 4. The third-order valence-electron chi connectivity index (χ3n) is 9.31. The van der Waals surface area contributed by atoms with Crippen LogP contribution in [-0.4, -0.2) is 80.4 Å². The van der Waals surface area contributed by atoms with Gasteiger partial charge in [-0.15, -0.1) is 0 Å². The predicted molar refractivity (Wildman–Crippen MR) is 192 cm³/mol. The summed E-state index contributed by atoms with van der Waals surface area (Å²) in [5, 5.41) is 27.1. The van der Waals surface area contributed by atoms with E-state index in [0.717, 1.165) is 39.8 Å². The molecule has 3 atom stereocenters. The van der Waals surface area contributed by atoms with E-state index in [1.165, 1.54) is 4.40 Å². The highest BCUT2D eigenvalue weighted by Gasteiger charge is 2.30. The number of ether oxygens (including phenoxy) is 1. The van der Waals surface area contributed by atoms with E-state index in [4.69, 9.17) is 32.9 Å². The fraction of sp³-hybridized carbons (Fsp3) is 0.297. The number of β-amino-alcohol motifs (C(OH)–C–C–N with tert-alkyl or cyclic N) is 2. The molecule has 2 aliphatic heterocycles. The predicted octanol–water partition coefficient (Wildman–Crippen LogP) is 4.31. The summed E-state index contributed by atoms with van der Waals surface area (Å²) in [6.07, 6.45) is 2.96. The number of likely N-dealkylation sites (tertiary alicyclic amines) is 1. The van der Waals surface area contributed by atoms with Gasteiger partial charge in [0.25, 0.3) is 5.56 Å². The van der Waals surface area contributed by atoms with Crippen molar-refractivity contribution in [3.63, 3.8) is 0 Å². The Morgan fingerprint density at radius 3 is 2.34 bits per heavy atom. The van der Waals surface area contributed by atoms with Crippen molar-refractivity contribution in [2.45, 2.75) is 44.2 Å². The van der Waals surface area contributed by atoms with Gasteiger partial charge in [-0.1, -0.05) is 65.7 Å². The van der Waals surface area contributed by atoms with Crippen molar-refractivity contribution in [2.75, 3.05) is 26.7 Å². The largest absolute Gasteiger partial charge is 0.481 e. The minimum Gasteiger partial charge on any atom is -0.481 e. The maximum Gasteiger partial charge on any atom is 0.262 e. The van der Waals surface area contributed by atoms with Crippen molar-refractivity contribution < 1.29 is 19.7 Å². The highest BCUT2D eigenvalue weighted by Crippen LogP contribution is 2.42. The number of methoxy groups -OCH3 is 1. The second-order valence-corrected chi connectivity index (χ2v) is 13.5. The Morgan fingerprint density at radius 2 is 1.64 bits per heavy atom. The van der Waals surface area contributed by atoms with E-state index in [-0.39, 0.29) is 24.1 Å². The van der Waals surface area contributed by atoms with Crippen LogP contribution in [0, 0.1) is 0 Å². The molecular formula is C37H36Cl2N6O5. The van der Waals surface area contributed by atoms with Crippen molar-refractivity contribution in [1.29, 1.82) is 0 Å². The molecule has 13 heteroatoms. The smallest absolute Gasteiger partial charge is 0.262 e. The number of fused-ring (bicyclic) bond motifs is 1. The van der Waals surface area contributed by atoms with Crippen molar-refractivity contribution in [3.8, 4) is 39.4 Å². The van der Waals surface area contributed by atoms with E-state index < -0.39 is 12.2 Å². The van der Waals surface area contributed by atoms with E-state index in [2.05, 4.69) is 15.6 Å². The van der Waals surface area contributed by atoms with Crippen LogP contribution in [0.3, 0.4) is 0 Å². The van der Waals surface area contributed by atoms with Crippen LogP contribution in [0.15, 0.2) is 77.9 Å². The minimum atomic E-state index is -0.828. The molecule has 2 fully saturated rings. The zero-order valence-electron chi connectivity index (χ0n) is 27.3. The van der Waals surface area contributed by atoms with E-state index in [1.807, 2.05) is 65.6 Å².